The molecule has 120 valence electrons. The Bertz CT molecular complexity index is 981. The second-order valence-corrected chi connectivity index (χ2v) is 6.10. The molecule has 0 amide bonds. The number of hydrogen-bond donors (Lipinski definition) is 0. The van der Waals surface area contributed by atoms with Crippen LogP contribution in [0, 0.1) is 0 Å². The summed E-state index contributed by atoms with van der Waals surface area (Å²) in [6.45, 7) is 0. The van der Waals surface area contributed by atoms with Crippen LogP contribution < -0.4 is 0 Å². The van der Waals surface area contributed by atoms with Gasteiger partial charge in [0.15, 0.2) is 5.82 Å². The van der Waals surface area contributed by atoms with Gasteiger partial charge in [-0.1, -0.05) is 96.5 Å². The highest BCUT2D eigenvalue weighted by molar-refractivity contribution is 6.29. The van der Waals surface area contributed by atoms with Crippen molar-refractivity contribution in [3.63, 3.8) is 0 Å². The number of rotatable bonds is 3. The van der Waals surface area contributed by atoms with E-state index >= 15 is 0 Å². The second-order valence-electron chi connectivity index (χ2n) is 5.71. The Morgan fingerprint density at radius 1 is 0.520 bits per heavy atom. The van der Waals surface area contributed by atoms with Gasteiger partial charge >= 0.3 is 0 Å². The zero-order valence-corrected chi connectivity index (χ0v) is 14.2. The summed E-state index contributed by atoms with van der Waals surface area (Å²) in [5.74, 6) is 0.634. The summed E-state index contributed by atoms with van der Waals surface area (Å²) in [5, 5.41) is 0.441. The first-order chi connectivity index (χ1) is 12.3. The van der Waals surface area contributed by atoms with Crippen LogP contribution in [-0.4, -0.2) is 9.97 Å². The lowest BCUT2D eigenvalue weighted by atomic mass is 10.0. The zero-order valence-electron chi connectivity index (χ0n) is 13.4. The molecule has 4 aromatic rings. The van der Waals surface area contributed by atoms with E-state index < -0.39 is 0 Å². The van der Waals surface area contributed by atoms with Gasteiger partial charge in [-0.05, 0) is 11.1 Å². The molecule has 0 aliphatic carbocycles. The molecule has 0 fully saturated rings. The van der Waals surface area contributed by atoms with E-state index in [1.807, 2.05) is 48.5 Å². The maximum Gasteiger partial charge on any atom is 0.161 e. The van der Waals surface area contributed by atoms with Gasteiger partial charge in [0.2, 0.25) is 0 Å². The predicted octanol–water partition coefficient (Wildman–Crippen LogP) is 6.13. The van der Waals surface area contributed by atoms with Crippen molar-refractivity contribution in [1.82, 2.24) is 9.97 Å². The van der Waals surface area contributed by atoms with Crippen LogP contribution in [0.25, 0.3) is 33.8 Å². The molecule has 25 heavy (non-hydrogen) atoms. The Morgan fingerprint density at radius 2 is 1.04 bits per heavy atom. The third kappa shape index (κ3) is 3.44. The molecule has 0 saturated carbocycles. The van der Waals surface area contributed by atoms with Gasteiger partial charge in [0.1, 0.15) is 5.15 Å². The van der Waals surface area contributed by atoms with Gasteiger partial charge in [0.25, 0.3) is 0 Å². The largest absolute Gasteiger partial charge is 0.228 e. The van der Waals surface area contributed by atoms with Gasteiger partial charge in [0, 0.05) is 17.2 Å². The Hall–Kier alpha value is -2.97. The van der Waals surface area contributed by atoms with E-state index in [0.717, 1.165) is 16.8 Å². The highest BCUT2D eigenvalue weighted by atomic mass is 35.5. The molecular formula is C22H15ClN2. The van der Waals surface area contributed by atoms with Crippen LogP contribution in [0.3, 0.4) is 0 Å². The summed E-state index contributed by atoms with van der Waals surface area (Å²) < 4.78 is 0. The Labute approximate surface area is 151 Å². The fourth-order valence-corrected chi connectivity index (χ4v) is 2.93. The summed E-state index contributed by atoms with van der Waals surface area (Å²) in [6.07, 6.45) is 0. The molecule has 1 heterocycles. The fourth-order valence-electron chi connectivity index (χ4n) is 2.75. The predicted molar refractivity (Wildman–Crippen MR) is 103 cm³/mol. The van der Waals surface area contributed by atoms with Crippen LogP contribution in [0.1, 0.15) is 0 Å². The van der Waals surface area contributed by atoms with Gasteiger partial charge in [-0.3, -0.25) is 0 Å². The molecule has 0 unspecified atom stereocenters. The molecule has 2 nitrogen and oxygen atoms in total. The highest BCUT2D eigenvalue weighted by Crippen LogP contribution is 2.27. The van der Waals surface area contributed by atoms with Crippen LogP contribution in [0.15, 0.2) is 91.0 Å². The third-order valence-corrected chi connectivity index (χ3v) is 4.21. The first-order valence-corrected chi connectivity index (χ1v) is 8.43. The lowest BCUT2D eigenvalue weighted by Crippen LogP contribution is -1.93. The normalized spacial score (nSPS) is 10.6. The molecule has 0 radical (unpaired) electrons. The standard InChI is InChI=1S/C22H15ClN2/c23-21-15-20(24-22(25-21)19-9-5-2-6-10-19)18-13-11-17(12-14-18)16-7-3-1-4-8-16/h1-15H. The van der Waals surface area contributed by atoms with E-state index in [0.29, 0.717) is 11.0 Å². The van der Waals surface area contributed by atoms with Crippen molar-refractivity contribution in [2.75, 3.05) is 0 Å². The number of hydrogen-bond acceptors (Lipinski definition) is 2. The molecule has 3 aromatic carbocycles. The van der Waals surface area contributed by atoms with Crippen LogP contribution in [0.2, 0.25) is 5.15 Å². The van der Waals surface area contributed by atoms with Gasteiger partial charge in [-0.15, -0.1) is 0 Å². The summed E-state index contributed by atoms with van der Waals surface area (Å²) in [7, 11) is 0. The maximum absolute atomic E-state index is 6.23. The summed E-state index contributed by atoms with van der Waals surface area (Å²) in [4.78, 5) is 9.03. The topological polar surface area (TPSA) is 25.8 Å². The smallest absolute Gasteiger partial charge is 0.161 e. The van der Waals surface area contributed by atoms with Crippen molar-refractivity contribution in [3.8, 4) is 33.8 Å². The quantitative estimate of drug-likeness (QED) is 0.418. The lowest BCUT2D eigenvalue weighted by molar-refractivity contribution is 1.18. The SMILES string of the molecule is Clc1cc(-c2ccc(-c3ccccc3)cc2)nc(-c2ccccc2)n1. The van der Waals surface area contributed by atoms with Crippen molar-refractivity contribution in [1.29, 1.82) is 0 Å². The third-order valence-electron chi connectivity index (χ3n) is 4.01. The lowest BCUT2D eigenvalue weighted by Gasteiger charge is -2.07. The molecule has 0 saturated heterocycles. The van der Waals surface area contributed by atoms with E-state index in [-0.39, 0.29) is 0 Å². The summed E-state index contributed by atoms with van der Waals surface area (Å²) >= 11 is 6.23. The Balaban J connectivity index is 1.71. The van der Waals surface area contributed by atoms with E-state index in [9.17, 15) is 0 Å². The van der Waals surface area contributed by atoms with Crippen LogP contribution in [0.4, 0.5) is 0 Å². The van der Waals surface area contributed by atoms with E-state index in [4.69, 9.17) is 11.6 Å². The van der Waals surface area contributed by atoms with Gasteiger partial charge in [-0.2, -0.15) is 0 Å². The molecule has 0 atom stereocenters. The van der Waals surface area contributed by atoms with E-state index in [1.165, 1.54) is 11.1 Å². The van der Waals surface area contributed by atoms with Gasteiger partial charge in [0.05, 0.1) is 5.69 Å². The number of benzene rings is 3. The highest BCUT2D eigenvalue weighted by Gasteiger charge is 2.08. The van der Waals surface area contributed by atoms with E-state index in [1.54, 1.807) is 6.07 Å². The van der Waals surface area contributed by atoms with Crippen molar-refractivity contribution in [2.45, 2.75) is 0 Å². The average molecular weight is 343 g/mol. The van der Waals surface area contributed by atoms with Crippen LogP contribution >= 0.6 is 11.6 Å². The molecule has 1 aromatic heterocycles. The minimum absolute atomic E-state index is 0.441. The summed E-state index contributed by atoms with van der Waals surface area (Å²) in [5.41, 5.74) is 5.15. The molecule has 4 rings (SSSR count). The average Bonchev–Trinajstić information content (AvgIpc) is 2.69. The molecule has 0 aliphatic rings. The maximum atomic E-state index is 6.23. The molecule has 3 heteroatoms. The number of aromatic nitrogens is 2. The number of nitrogens with zero attached hydrogens (tertiary/aromatic N) is 2. The number of halogens is 1. The van der Waals surface area contributed by atoms with Crippen molar-refractivity contribution in [3.05, 3.63) is 96.1 Å². The molecule has 0 spiro atoms. The summed E-state index contributed by atoms with van der Waals surface area (Å²) in [6, 6.07) is 30.3. The van der Waals surface area contributed by atoms with Crippen LogP contribution in [-0.2, 0) is 0 Å². The van der Waals surface area contributed by atoms with Crippen LogP contribution in [0.5, 0.6) is 0 Å². The van der Waals surface area contributed by atoms with Crippen molar-refractivity contribution in [2.24, 2.45) is 0 Å². The monoisotopic (exact) mass is 342 g/mol. The van der Waals surface area contributed by atoms with Crippen molar-refractivity contribution < 1.29 is 0 Å². The van der Waals surface area contributed by atoms with Gasteiger partial charge in [-0.25, -0.2) is 9.97 Å². The van der Waals surface area contributed by atoms with Gasteiger partial charge < -0.3 is 0 Å². The zero-order chi connectivity index (χ0) is 17.1. The minimum Gasteiger partial charge on any atom is -0.228 e. The molecule has 0 aliphatic heterocycles. The van der Waals surface area contributed by atoms with E-state index in [2.05, 4.69) is 46.4 Å². The molecule has 0 N–H and O–H groups in total. The molecular weight excluding hydrogens is 328 g/mol. The Morgan fingerprint density at radius 3 is 1.68 bits per heavy atom. The first-order valence-electron chi connectivity index (χ1n) is 8.05. The fraction of sp³-hybridized carbons (Fsp3) is 0. The van der Waals surface area contributed by atoms with Crippen molar-refractivity contribution >= 4 is 11.6 Å². The second kappa shape index (κ2) is 6.88. The minimum atomic E-state index is 0.441. The molecule has 0 bridgehead atoms. The first kappa shape index (κ1) is 15.6. The Kier molecular flexibility index (Phi) is 4.28.